The van der Waals surface area contributed by atoms with Crippen molar-refractivity contribution in [2.75, 3.05) is 18.7 Å². The zero-order valence-electron chi connectivity index (χ0n) is 14.2. The summed E-state index contributed by atoms with van der Waals surface area (Å²) in [6, 6.07) is 4.96. The predicted molar refractivity (Wildman–Crippen MR) is 88.7 cm³/mol. The molecule has 0 spiro atoms. The van der Waals surface area contributed by atoms with E-state index >= 15 is 0 Å². The minimum atomic E-state index is -0.189. The van der Waals surface area contributed by atoms with E-state index in [2.05, 4.69) is 15.5 Å². The standard InChI is InChI=1S/C17H20N4O4/c1-10(2)15-19-16(25-20-15)12-4-3-7-21(12)17(22)18-11-5-6-13-14(8-11)24-9-23-13/h5-6,8,10,12H,3-4,7,9H2,1-2H3,(H,18,22). The lowest BCUT2D eigenvalue weighted by Crippen LogP contribution is -2.34. The summed E-state index contributed by atoms with van der Waals surface area (Å²) in [7, 11) is 0. The molecule has 3 heterocycles. The highest BCUT2D eigenvalue weighted by molar-refractivity contribution is 5.90. The molecule has 1 aromatic carbocycles. The number of benzene rings is 1. The summed E-state index contributed by atoms with van der Waals surface area (Å²) in [4.78, 5) is 18.9. The van der Waals surface area contributed by atoms with E-state index in [0.717, 1.165) is 12.8 Å². The second kappa shape index (κ2) is 6.27. The number of nitrogens with one attached hydrogen (secondary N) is 1. The fraction of sp³-hybridized carbons (Fsp3) is 0.471. The monoisotopic (exact) mass is 344 g/mol. The number of fused-ring (bicyclic) bond motifs is 1. The molecule has 2 aliphatic heterocycles. The molecule has 1 fully saturated rings. The van der Waals surface area contributed by atoms with Crippen molar-refractivity contribution in [1.29, 1.82) is 0 Å². The molecule has 0 radical (unpaired) electrons. The van der Waals surface area contributed by atoms with Gasteiger partial charge in [-0.1, -0.05) is 19.0 Å². The van der Waals surface area contributed by atoms with Gasteiger partial charge in [-0.15, -0.1) is 0 Å². The van der Waals surface area contributed by atoms with E-state index in [0.29, 0.717) is 35.4 Å². The number of aromatic nitrogens is 2. The van der Waals surface area contributed by atoms with Crippen molar-refractivity contribution in [1.82, 2.24) is 15.0 Å². The fourth-order valence-electron chi connectivity index (χ4n) is 3.05. The molecule has 1 unspecified atom stereocenters. The normalized spacial score (nSPS) is 18.8. The fourth-order valence-corrected chi connectivity index (χ4v) is 3.05. The quantitative estimate of drug-likeness (QED) is 0.919. The Morgan fingerprint density at radius 2 is 2.16 bits per heavy atom. The topological polar surface area (TPSA) is 89.7 Å². The molecule has 0 saturated carbocycles. The third kappa shape index (κ3) is 2.99. The van der Waals surface area contributed by atoms with Gasteiger partial charge in [0.25, 0.3) is 0 Å². The summed E-state index contributed by atoms with van der Waals surface area (Å²) in [5.41, 5.74) is 0.660. The van der Waals surface area contributed by atoms with Gasteiger partial charge in [0, 0.05) is 24.2 Å². The van der Waals surface area contributed by atoms with Gasteiger partial charge in [-0.2, -0.15) is 4.98 Å². The first-order valence-corrected chi connectivity index (χ1v) is 8.42. The molecule has 2 aliphatic rings. The number of likely N-dealkylation sites (tertiary alicyclic amines) is 1. The molecule has 0 aliphatic carbocycles. The van der Waals surface area contributed by atoms with E-state index in [4.69, 9.17) is 14.0 Å². The number of hydrogen-bond acceptors (Lipinski definition) is 6. The SMILES string of the molecule is CC(C)c1noc(C2CCCN2C(=O)Nc2ccc3c(c2)OCO3)n1. The van der Waals surface area contributed by atoms with Crippen molar-refractivity contribution >= 4 is 11.7 Å². The van der Waals surface area contributed by atoms with Crippen LogP contribution in [0.25, 0.3) is 0 Å². The van der Waals surface area contributed by atoms with E-state index in [9.17, 15) is 4.79 Å². The van der Waals surface area contributed by atoms with Gasteiger partial charge in [0.05, 0.1) is 0 Å². The number of urea groups is 1. The molecule has 1 N–H and O–H groups in total. The number of carbonyl (C=O) groups excluding carboxylic acids is 1. The van der Waals surface area contributed by atoms with Crippen molar-refractivity contribution in [3.63, 3.8) is 0 Å². The summed E-state index contributed by atoms with van der Waals surface area (Å²) < 4.78 is 16.0. The van der Waals surface area contributed by atoms with E-state index in [1.165, 1.54) is 0 Å². The number of nitrogens with zero attached hydrogens (tertiary/aromatic N) is 3. The molecule has 1 saturated heterocycles. The van der Waals surface area contributed by atoms with Gasteiger partial charge in [0.2, 0.25) is 12.7 Å². The van der Waals surface area contributed by atoms with Crippen LogP contribution in [0.3, 0.4) is 0 Å². The summed E-state index contributed by atoms with van der Waals surface area (Å²) in [5, 5.41) is 6.91. The lowest BCUT2D eigenvalue weighted by atomic mass is 10.2. The van der Waals surface area contributed by atoms with Crippen LogP contribution in [-0.2, 0) is 0 Å². The second-order valence-electron chi connectivity index (χ2n) is 6.50. The molecule has 8 nitrogen and oxygen atoms in total. The number of amides is 2. The van der Waals surface area contributed by atoms with Crippen molar-refractivity contribution in [2.24, 2.45) is 0 Å². The maximum absolute atomic E-state index is 12.7. The van der Waals surface area contributed by atoms with Crippen LogP contribution >= 0.6 is 0 Å². The highest BCUT2D eigenvalue weighted by Gasteiger charge is 2.34. The Balaban J connectivity index is 1.48. The summed E-state index contributed by atoms with van der Waals surface area (Å²) in [5.74, 6) is 2.67. The number of carbonyl (C=O) groups is 1. The van der Waals surface area contributed by atoms with E-state index < -0.39 is 0 Å². The maximum atomic E-state index is 12.7. The summed E-state index contributed by atoms with van der Waals surface area (Å²) in [6.07, 6.45) is 1.72. The number of ether oxygens (including phenoxy) is 2. The third-order valence-electron chi connectivity index (χ3n) is 4.40. The molecule has 4 rings (SSSR count). The molecule has 25 heavy (non-hydrogen) atoms. The van der Waals surface area contributed by atoms with E-state index in [1.807, 2.05) is 13.8 Å². The molecular formula is C17H20N4O4. The predicted octanol–water partition coefficient (Wildman–Crippen LogP) is 3.29. The zero-order valence-corrected chi connectivity index (χ0v) is 14.2. The highest BCUT2D eigenvalue weighted by Crippen LogP contribution is 2.35. The van der Waals surface area contributed by atoms with Crippen LogP contribution in [0.5, 0.6) is 11.5 Å². The smallest absolute Gasteiger partial charge is 0.322 e. The van der Waals surface area contributed by atoms with Crippen LogP contribution in [0.15, 0.2) is 22.7 Å². The Labute approximate surface area is 145 Å². The Bertz CT molecular complexity index is 789. The Kier molecular flexibility index (Phi) is 3.95. The molecule has 1 atom stereocenters. The molecule has 0 bridgehead atoms. The van der Waals surface area contributed by atoms with Gasteiger partial charge in [0.1, 0.15) is 6.04 Å². The number of hydrogen-bond donors (Lipinski definition) is 1. The minimum absolute atomic E-state index is 0.186. The van der Waals surface area contributed by atoms with Gasteiger partial charge in [-0.3, -0.25) is 0 Å². The Morgan fingerprint density at radius 1 is 1.32 bits per heavy atom. The van der Waals surface area contributed by atoms with E-state index in [-0.39, 0.29) is 24.8 Å². The zero-order chi connectivity index (χ0) is 17.4. The van der Waals surface area contributed by atoms with Gasteiger partial charge in [-0.05, 0) is 25.0 Å². The van der Waals surface area contributed by atoms with Crippen LogP contribution in [0.4, 0.5) is 10.5 Å². The van der Waals surface area contributed by atoms with Gasteiger partial charge in [0.15, 0.2) is 17.3 Å². The van der Waals surface area contributed by atoms with Gasteiger partial charge in [-0.25, -0.2) is 4.79 Å². The molecule has 8 heteroatoms. The second-order valence-corrected chi connectivity index (χ2v) is 6.50. The summed E-state index contributed by atoms with van der Waals surface area (Å²) >= 11 is 0. The van der Waals surface area contributed by atoms with Crippen LogP contribution in [0.1, 0.15) is 50.4 Å². The molecule has 1 aromatic heterocycles. The van der Waals surface area contributed by atoms with Gasteiger partial charge >= 0.3 is 6.03 Å². The molecular weight excluding hydrogens is 324 g/mol. The first-order chi connectivity index (χ1) is 12.1. The maximum Gasteiger partial charge on any atom is 0.322 e. The average molecular weight is 344 g/mol. The first-order valence-electron chi connectivity index (χ1n) is 8.42. The number of anilines is 1. The minimum Gasteiger partial charge on any atom is -0.454 e. The van der Waals surface area contributed by atoms with Gasteiger partial charge < -0.3 is 24.2 Å². The lowest BCUT2D eigenvalue weighted by molar-refractivity contribution is 0.174. The van der Waals surface area contributed by atoms with Crippen LogP contribution in [-0.4, -0.2) is 34.4 Å². The third-order valence-corrected chi connectivity index (χ3v) is 4.40. The Morgan fingerprint density at radius 3 is 2.96 bits per heavy atom. The largest absolute Gasteiger partial charge is 0.454 e. The molecule has 2 amide bonds. The Hall–Kier alpha value is -2.77. The van der Waals surface area contributed by atoms with Crippen molar-refractivity contribution < 1.29 is 18.8 Å². The summed E-state index contributed by atoms with van der Waals surface area (Å²) in [6.45, 7) is 4.87. The molecule has 132 valence electrons. The molecule has 2 aromatic rings. The van der Waals surface area contributed by atoms with Crippen LogP contribution < -0.4 is 14.8 Å². The van der Waals surface area contributed by atoms with E-state index in [1.54, 1.807) is 23.1 Å². The first kappa shape index (κ1) is 15.7. The highest BCUT2D eigenvalue weighted by atomic mass is 16.7. The van der Waals surface area contributed by atoms with Crippen molar-refractivity contribution in [3.8, 4) is 11.5 Å². The van der Waals surface area contributed by atoms with Crippen LogP contribution in [0, 0.1) is 0 Å². The average Bonchev–Trinajstić information content (AvgIpc) is 3.33. The number of rotatable bonds is 3. The van der Waals surface area contributed by atoms with Crippen LogP contribution in [0.2, 0.25) is 0 Å². The lowest BCUT2D eigenvalue weighted by Gasteiger charge is -2.22. The van der Waals surface area contributed by atoms with Crippen molar-refractivity contribution in [2.45, 2.75) is 38.6 Å². The van der Waals surface area contributed by atoms with Crippen molar-refractivity contribution in [3.05, 3.63) is 29.9 Å².